The van der Waals surface area contributed by atoms with E-state index in [1.807, 2.05) is 13.8 Å². The Morgan fingerprint density at radius 1 is 1.25 bits per heavy atom. The fourth-order valence-corrected chi connectivity index (χ4v) is 2.61. The van der Waals surface area contributed by atoms with E-state index in [0.717, 1.165) is 6.42 Å². The minimum Gasteiger partial charge on any atom is -0.465 e. The van der Waals surface area contributed by atoms with Gasteiger partial charge in [-0.1, -0.05) is 13.8 Å². The molecule has 20 heavy (non-hydrogen) atoms. The normalized spacial score (nSPS) is 16.6. The van der Waals surface area contributed by atoms with Crippen molar-refractivity contribution in [3.8, 4) is 0 Å². The SMILES string of the molecule is CCOC(=O)C(C)(CN(C)C(C)CC(C)C)NC(C)C. The Balaban J connectivity index is 4.83. The standard InChI is InChI=1S/C16H34N2O2/c1-9-20-15(19)16(7,17-13(4)5)11-18(8)14(6)10-12(2)3/h12-14,17H,9-11H2,1-8H3. The first-order chi connectivity index (χ1) is 9.12. The molecule has 4 heteroatoms. The zero-order chi connectivity index (χ0) is 15.9. The van der Waals surface area contributed by atoms with Crippen molar-refractivity contribution in [1.82, 2.24) is 10.2 Å². The molecule has 120 valence electrons. The number of nitrogens with zero attached hydrogens (tertiary/aromatic N) is 1. The molecule has 0 aromatic carbocycles. The Labute approximate surface area is 125 Å². The largest absolute Gasteiger partial charge is 0.465 e. The van der Waals surface area contributed by atoms with E-state index in [-0.39, 0.29) is 12.0 Å². The van der Waals surface area contributed by atoms with E-state index < -0.39 is 5.54 Å². The number of hydrogen-bond acceptors (Lipinski definition) is 4. The number of esters is 1. The van der Waals surface area contributed by atoms with E-state index in [0.29, 0.717) is 25.1 Å². The highest BCUT2D eigenvalue weighted by Crippen LogP contribution is 2.15. The zero-order valence-corrected chi connectivity index (χ0v) is 14.6. The average molecular weight is 286 g/mol. The summed E-state index contributed by atoms with van der Waals surface area (Å²) in [6, 6.07) is 0.677. The maximum Gasteiger partial charge on any atom is 0.327 e. The van der Waals surface area contributed by atoms with Crippen LogP contribution in [0, 0.1) is 5.92 Å². The van der Waals surface area contributed by atoms with Crippen LogP contribution in [0.1, 0.15) is 54.9 Å². The van der Waals surface area contributed by atoms with Gasteiger partial charge < -0.3 is 9.64 Å². The van der Waals surface area contributed by atoms with Crippen molar-refractivity contribution in [2.24, 2.45) is 5.92 Å². The van der Waals surface area contributed by atoms with Gasteiger partial charge in [0.2, 0.25) is 0 Å². The third-order valence-electron chi connectivity index (χ3n) is 3.46. The third kappa shape index (κ3) is 6.71. The van der Waals surface area contributed by atoms with Gasteiger partial charge in [-0.3, -0.25) is 10.1 Å². The van der Waals surface area contributed by atoms with Crippen molar-refractivity contribution in [1.29, 1.82) is 0 Å². The first-order valence-electron chi connectivity index (χ1n) is 7.77. The lowest BCUT2D eigenvalue weighted by molar-refractivity contribution is -0.151. The van der Waals surface area contributed by atoms with E-state index in [2.05, 4.69) is 51.9 Å². The molecule has 0 spiro atoms. The Morgan fingerprint density at radius 2 is 1.80 bits per heavy atom. The molecular weight excluding hydrogens is 252 g/mol. The van der Waals surface area contributed by atoms with Crippen molar-refractivity contribution in [2.45, 2.75) is 72.5 Å². The van der Waals surface area contributed by atoms with Gasteiger partial charge in [0, 0.05) is 18.6 Å². The predicted molar refractivity (Wildman–Crippen MR) is 84.9 cm³/mol. The van der Waals surface area contributed by atoms with Gasteiger partial charge in [0.05, 0.1) is 6.61 Å². The highest BCUT2D eigenvalue weighted by Gasteiger charge is 2.37. The fourth-order valence-electron chi connectivity index (χ4n) is 2.61. The minimum absolute atomic E-state index is 0.169. The van der Waals surface area contributed by atoms with E-state index in [1.54, 1.807) is 0 Å². The van der Waals surface area contributed by atoms with E-state index in [4.69, 9.17) is 4.74 Å². The van der Waals surface area contributed by atoms with Gasteiger partial charge in [-0.15, -0.1) is 0 Å². The molecule has 0 bridgehead atoms. The highest BCUT2D eigenvalue weighted by atomic mass is 16.5. The van der Waals surface area contributed by atoms with Crippen LogP contribution >= 0.6 is 0 Å². The quantitative estimate of drug-likeness (QED) is 0.662. The van der Waals surface area contributed by atoms with Gasteiger partial charge in [-0.25, -0.2) is 0 Å². The third-order valence-corrected chi connectivity index (χ3v) is 3.46. The summed E-state index contributed by atoms with van der Waals surface area (Å²) in [5, 5.41) is 3.36. The predicted octanol–water partition coefficient (Wildman–Crippen LogP) is 2.67. The lowest BCUT2D eigenvalue weighted by atomic mass is 9.98. The number of carbonyl (C=O) groups is 1. The lowest BCUT2D eigenvalue weighted by Crippen LogP contribution is -2.60. The Hall–Kier alpha value is -0.610. The molecule has 0 saturated carbocycles. The van der Waals surface area contributed by atoms with Crippen molar-refractivity contribution >= 4 is 5.97 Å². The van der Waals surface area contributed by atoms with Crippen molar-refractivity contribution in [3.63, 3.8) is 0 Å². The van der Waals surface area contributed by atoms with Crippen LogP contribution in [0.15, 0.2) is 0 Å². The Morgan fingerprint density at radius 3 is 2.20 bits per heavy atom. The van der Waals surface area contributed by atoms with Crippen LogP contribution in [-0.2, 0) is 9.53 Å². The molecule has 0 aliphatic heterocycles. The van der Waals surface area contributed by atoms with Crippen molar-refractivity contribution in [3.05, 3.63) is 0 Å². The van der Waals surface area contributed by atoms with Gasteiger partial charge in [-0.2, -0.15) is 0 Å². The van der Waals surface area contributed by atoms with Crippen molar-refractivity contribution in [2.75, 3.05) is 20.2 Å². The van der Waals surface area contributed by atoms with Crippen LogP contribution in [0.2, 0.25) is 0 Å². The zero-order valence-electron chi connectivity index (χ0n) is 14.6. The summed E-state index contributed by atoms with van der Waals surface area (Å²) in [6.07, 6.45) is 1.12. The van der Waals surface area contributed by atoms with E-state index >= 15 is 0 Å². The molecule has 0 heterocycles. The topological polar surface area (TPSA) is 41.6 Å². The summed E-state index contributed by atoms with van der Waals surface area (Å²) in [5.41, 5.74) is -0.663. The van der Waals surface area contributed by atoms with Crippen LogP contribution in [0.3, 0.4) is 0 Å². The fraction of sp³-hybridized carbons (Fsp3) is 0.938. The monoisotopic (exact) mass is 286 g/mol. The van der Waals surface area contributed by atoms with Gasteiger partial charge in [0.15, 0.2) is 0 Å². The van der Waals surface area contributed by atoms with E-state index in [1.165, 1.54) is 0 Å². The number of carbonyl (C=O) groups excluding carboxylic acids is 1. The average Bonchev–Trinajstić information content (AvgIpc) is 2.26. The molecule has 0 amide bonds. The molecule has 0 aliphatic rings. The second kappa shape index (κ2) is 8.63. The minimum atomic E-state index is -0.663. The number of rotatable bonds is 9. The van der Waals surface area contributed by atoms with Gasteiger partial charge in [0.1, 0.15) is 5.54 Å². The van der Waals surface area contributed by atoms with Gasteiger partial charge >= 0.3 is 5.97 Å². The molecule has 2 unspecified atom stereocenters. The van der Waals surface area contributed by atoms with Gasteiger partial charge in [-0.05, 0) is 54.0 Å². The molecule has 2 atom stereocenters. The smallest absolute Gasteiger partial charge is 0.327 e. The molecule has 1 N–H and O–H groups in total. The van der Waals surface area contributed by atoms with Crippen LogP contribution < -0.4 is 5.32 Å². The Bertz CT molecular complexity index is 292. The summed E-state index contributed by atoms with van der Waals surface area (Å²) in [5.74, 6) is 0.483. The van der Waals surface area contributed by atoms with E-state index in [9.17, 15) is 4.79 Å². The summed E-state index contributed by atoms with van der Waals surface area (Å²) >= 11 is 0. The van der Waals surface area contributed by atoms with Gasteiger partial charge in [0.25, 0.3) is 0 Å². The second-order valence-corrected chi connectivity index (χ2v) is 6.75. The maximum atomic E-state index is 12.3. The molecule has 0 radical (unpaired) electrons. The van der Waals surface area contributed by atoms with Crippen LogP contribution in [0.5, 0.6) is 0 Å². The summed E-state index contributed by atoms with van der Waals surface area (Å²) in [7, 11) is 2.08. The molecule has 0 aromatic rings. The second-order valence-electron chi connectivity index (χ2n) is 6.75. The summed E-state index contributed by atoms with van der Waals surface area (Å²) < 4.78 is 5.24. The molecular formula is C16H34N2O2. The molecule has 0 rings (SSSR count). The molecule has 4 nitrogen and oxygen atoms in total. The number of ether oxygens (including phenoxy) is 1. The van der Waals surface area contributed by atoms with Crippen molar-refractivity contribution < 1.29 is 9.53 Å². The highest BCUT2D eigenvalue weighted by molar-refractivity contribution is 5.80. The number of hydrogen-bond donors (Lipinski definition) is 1. The first kappa shape index (κ1) is 19.4. The lowest BCUT2D eigenvalue weighted by Gasteiger charge is -2.37. The summed E-state index contributed by atoms with van der Waals surface area (Å²) in [4.78, 5) is 14.5. The number of likely N-dealkylation sites (N-methyl/N-ethyl adjacent to an activating group) is 1. The molecule has 0 aromatic heterocycles. The van der Waals surface area contributed by atoms with Crippen LogP contribution in [0.25, 0.3) is 0 Å². The van der Waals surface area contributed by atoms with Crippen LogP contribution in [0.4, 0.5) is 0 Å². The number of nitrogens with one attached hydrogen (secondary N) is 1. The first-order valence-corrected chi connectivity index (χ1v) is 7.77. The molecule has 0 fully saturated rings. The Kier molecular flexibility index (Phi) is 8.36. The molecule has 0 aliphatic carbocycles. The van der Waals surface area contributed by atoms with Crippen LogP contribution in [-0.4, -0.2) is 48.7 Å². The molecule has 0 saturated heterocycles. The summed E-state index contributed by atoms with van der Waals surface area (Å²) in [6.45, 7) is 15.6. The maximum absolute atomic E-state index is 12.3.